The van der Waals surface area contributed by atoms with Crippen molar-refractivity contribution in [3.63, 3.8) is 0 Å². The Kier molecular flexibility index (Phi) is 17.4. The van der Waals surface area contributed by atoms with Crippen molar-refractivity contribution >= 4 is 24.1 Å². The van der Waals surface area contributed by atoms with E-state index in [0.717, 1.165) is 38.0 Å². The molecule has 1 fully saturated rings. The van der Waals surface area contributed by atoms with Gasteiger partial charge in [0.1, 0.15) is 0 Å². The third kappa shape index (κ3) is 12.6. The second-order valence-corrected chi connectivity index (χ2v) is 8.43. The molecule has 1 heterocycles. The van der Waals surface area contributed by atoms with Gasteiger partial charge in [0.2, 0.25) is 12.3 Å². The van der Waals surface area contributed by atoms with Gasteiger partial charge in [-0.3, -0.25) is 9.59 Å². The average Bonchev–Trinajstić information content (AvgIpc) is 3.02. The second kappa shape index (κ2) is 16.4. The van der Waals surface area contributed by atoms with Crippen LogP contribution in [0.2, 0.25) is 0 Å². The highest BCUT2D eigenvalue weighted by molar-refractivity contribution is 8.00. The molecular weight excluding hydrogens is 346 g/mol. The molecule has 6 heteroatoms. The molecule has 0 aromatic rings. The van der Waals surface area contributed by atoms with E-state index >= 15 is 0 Å². The molecule has 0 saturated carbocycles. The third-order valence-electron chi connectivity index (χ3n) is 3.90. The highest BCUT2D eigenvalue weighted by Gasteiger charge is 2.34. The molecule has 3 atom stereocenters. The molecule has 0 aliphatic carbocycles. The van der Waals surface area contributed by atoms with Gasteiger partial charge in [-0.1, -0.05) is 54.9 Å². The summed E-state index contributed by atoms with van der Waals surface area (Å²) in [5, 5.41) is 9.70. The summed E-state index contributed by atoms with van der Waals surface area (Å²) in [5.41, 5.74) is 0.136. The molecule has 3 unspecified atom stereocenters. The van der Waals surface area contributed by atoms with Crippen LogP contribution in [-0.4, -0.2) is 49.0 Å². The van der Waals surface area contributed by atoms with E-state index in [1.807, 2.05) is 46.5 Å². The van der Waals surface area contributed by atoms with Crippen LogP contribution in [0.15, 0.2) is 0 Å². The smallest absolute Gasteiger partial charge is 0.220 e. The minimum Gasteiger partial charge on any atom is -0.356 e. The fraction of sp³-hybridized carbons (Fsp3) is 0.900. The number of amides is 2. The minimum absolute atomic E-state index is 0.136. The molecule has 1 aliphatic heterocycles. The summed E-state index contributed by atoms with van der Waals surface area (Å²) in [5.74, 6) is 1.11. The number of carbonyl (C=O) groups is 2. The number of nitrogens with one attached hydrogen (secondary N) is 3. The Morgan fingerprint density at radius 3 is 2.27 bits per heavy atom. The predicted molar refractivity (Wildman–Crippen MR) is 116 cm³/mol. The maximum absolute atomic E-state index is 11.8. The molecule has 1 rings (SSSR count). The zero-order valence-corrected chi connectivity index (χ0v) is 19.1. The summed E-state index contributed by atoms with van der Waals surface area (Å²) >= 11 is 1.91. The van der Waals surface area contributed by atoms with Crippen molar-refractivity contribution in [2.45, 2.75) is 91.5 Å². The Labute approximate surface area is 166 Å². The molecule has 0 aromatic heterocycles. The fourth-order valence-corrected chi connectivity index (χ4v) is 4.29. The largest absolute Gasteiger partial charge is 0.356 e. The topological polar surface area (TPSA) is 70.2 Å². The molecule has 0 radical (unpaired) electrons. The van der Waals surface area contributed by atoms with Gasteiger partial charge >= 0.3 is 0 Å². The highest BCUT2D eigenvalue weighted by atomic mass is 32.2. The average molecular weight is 390 g/mol. The molecule has 0 aromatic carbocycles. The summed E-state index contributed by atoms with van der Waals surface area (Å²) in [7, 11) is 1.95. The number of likely N-dealkylation sites (N-methyl/N-ethyl adjacent to an activating group) is 1. The van der Waals surface area contributed by atoms with E-state index in [9.17, 15) is 9.59 Å². The number of hydrogen-bond acceptors (Lipinski definition) is 4. The number of carbonyl (C=O) groups excluding carboxylic acids is 2. The molecule has 156 valence electrons. The zero-order valence-electron chi connectivity index (χ0n) is 18.3. The molecule has 26 heavy (non-hydrogen) atoms. The Morgan fingerprint density at radius 2 is 1.77 bits per heavy atom. The van der Waals surface area contributed by atoms with Gasteiger partial charge in [0, 0.05) is 30.0 Å². The Morgan fingerprint density at radius 1 is 1.15 bits per heavy atom. The molecule has 0 spiro atoms. The van der Waals surface area contributed by atoms with Crippen molar-refractivity contribution in [2.24, 2.45) is 5.41 Å². The van der Waals surface area contributed by atoms with Crippen LogP contribution in [0.1, 0.15) is 74.1 Å². The molecule has 1 aliphatic rings. The number of hydrogen-bond donors (Lipinski definition) is 3. The SMILES string of the molecule is CC.CC.CNC1C(NC=O)CSC1CCCCC(=O)NCC(C)(C)C. The van der Waals surface area contributed by atoms with Crippen LogP contribution >= 0.6 is 11.8 Å². The molecule has 5 nitrogen and oxygen atoms in total. The Balaban J connectivity index is 0. The zero-order chi connectivity index (χ0) is 20.6. The van der Waals surface area contributed by atoms with Gasteiger partial charge in [-0.05, 0) is 25.3 Å². The Hall–Kier alpha value is -0.750. The summed E-state index contributed by atoms with van der Waals surface area (Å²) in [6, 6.07) is 0.539. The third-order valence-corrected chi connectivity index (χ3v) is 5.41. The van der Waals surface area contributed by atoms with Crippen molar-refractivity contribution < 1.29 is 9.59 Å². The van der Waals surface area contributed by atoms with Crippen LogP contribution in [0.4, 0.5) is 0 Å². The number of rotatable bonds is 9. The first-order valence-electron chi connectivity index (χ1n) is 10.1. The van der Waals surface area contributed by atoms with E-state index in [-0.39, 0.29) is 17.4 Å². The number of unbranched alkanes of at least 4 members (excludes halogenated alkanes) is 1. The van der Waals surface area contributed by atoms with E-state index < -0.39 is 0 Å². The normalized spacial score (nSPS) is 21.6. The lowest BCUT2D eigenvalue weighted by atomic mass is 9.97. The lowest BCUT2D eigenvalue weighted by Gasteiger charge is -2.23. The maximum atomic E-state index is 11.8. The van der Waals surface area contributed by atoms with E-state index in [1.54, 1.807) is 0 Å². The molecular formula is C20H43N3O2S. The van der Waals surface area contributed by atoms with Gasteiger partial charge in [0.05, 0.1) is 6.04 Å². The summed E-state index contributed by atoms with van der Waals surface area (Å²) in [4.78, 5) is 22.4. The fourth-order valence-electron chi connectivity index (χ4n) is 2.67. The molecule has 0 bridgehead atoms. The van der Waals surface area contributed by atoms with Gasteiger partial charge in [0.25, 0.3) is 0 Å². The van der Waals surface area contributed by atoms with Crippen LogP contribution in [0.25, 0.3) is 0 Å². The lowest BCUT2D eigenvalue weighted by Crippen LogP contribution is -2.48. The van der Waals surface area contributed by atoms with Crippen molar-refractivity contribution in [1.29, 1.82) is 0 Å². The minimum atomic E-state index is 0.136. The van der Waals surface area contributed by atoms with E-state index in [1.165, 1.54) is 0 Å². The highest BCUT2D eigenvalue weighted by Crippen LogP contribution is 2.31. The monoisotopic (exact) mass is 389 g/mol. The first kappa shape index (κ1) is 27.5. The van der Waals surface area contributed by atoms with E-state index in [2.05, 4.69) is 36.7 Å². The summed E-state index contributed by atoms with van der Waals surface area (Å²) < 4.78 is 0. The van der Waals surface area contributed by atoms with Crippen LogP contribution in [0.5, 0.6) is 0 Å². The van der Waals surface area contributed by atoms with Gasteiger partial charge in [-0.15, -0.1) is 0 Å². The second-order valence-electron chi connectivity index (χ2n) is 7.16. The van der Waals surface area contributed by atoms with Gasteiger partial charge in [0.15, 0.2) is 0 Å². The van der Waals surface area contributed by atoms with Crippen LogP contribution in [0, 0.1) is 5.41 Å². The van der Waals surface area contributed by atoms with Gasteiger partial charge < -0.3 is 16.0 Å². The van der Waals surface area contributed by atoms with Crippen molar-refractivity contribution in [1.82, 2.24) is 16.0 Å². The van der Waals surface area contributed by atoms with Crippen molar-refractivity contribution in [3.8, 4) is 0 Å². The maximum Gasteiger partial charge on any atom is 0.220 e. The molecule has 3 N–H and O–H groups in total. The van der Waals surface area contributed by atoms with Crippen molar-refractivity contribution in [2.75, 3.05) is 19.3 Å². The van der Waals surface area contributed by atoms with E-state index in [0.29, 0.717) is 17.7 Å². The van der Waals surface area contributed by atoms with Gasteiger partial charge in [-0.2, -0.15) is 11.8 Å². The first-order chi connectivity index (χ1) is 12.4. The predicted octanol–water partition coefficient (Wildman–Crippen LogP) is 3.58. The van der Waals surface area contributed by atoms with Gasteiger partial charge in [-0.25, -0.2) is 0 Å². The first-order valence-corrected chi connectivity index (χ1v) is 11.2. The summed E-state index contributed by atoms with van der Waals surface area (Å²) in [6.45, 7) is 15.1. The standard InChI is InChI=1S/C16H31N3O2S.2C2H6/c1-16(2,3)10-18-14(21)8-6-5-7-13-15(17-4)12(9-22-13)19-11-20;2*1-2/h11-13,15,17H,5-10H2,1-4H3,(H,18,21)(H,19,20);2*1-2H3. The quantitative estimate of drug-likeness (QED) is 0.416. The number of thioether (sulfide) groups is 1. The molecule has 1 saturated heterocycles. The van der Waals surface area contributed by atoms with Crippen LogP contribution in [-0.2, 0) is 9.59 Å². The van der Waals surface area contributed by atoms with Crippen LogP contribution < -0.4 is 16.0 Å². The van der Waals surface area contributed by atoms with Crippen LogP contribution in [0.3, 0.4) is 0 Å². The summed E-state index contributed by atoms with van der Waals surface area (Å²) in [6.07, 6.45) is 4.45. The molecule has 2 amide bonds. The van der Waals surface area contributed by atoms with Crippen molar-refractivity contribution in [3.05, 3.63) is 0 Å². The van der Waals surface area contributed by atoms with E-state index in [4.69, 9.17) is 0 Å². The Bertz CT molecular complexity index is 359. The lowest BCUT2D eigenvalue weighted by molar-refractivity contribution is -0.121.